The zero-order chi connectivity index (χ0) is 18.6. The summed E-state index contributed by atoms with van der Waals surface area (Å²) in [4.78, 5) is 23.1. The molecule has 2 aromatic heterocycles. The van der Waals surface area contributed by atoms with Crippen LogP contribution in [0.25, 0.3) is 11.3 Å². The average molecular weight is 383 g/mol. The van der Waals surface area contributed by atoms with Crippen LogP contribution in [0.3, 0.4) is 0 Å². The molecule has 1 aliphatic heterocycles. The molecule has 138 valence electrons. The SMILES string of the molecule is O=C(Nc1cccc(-c2cnco2)c1)C1CCN(c2ccc(Cl)cn2)CC1. The van der Waals surface area contributed by atoms with Gasteiger partial charge in [-0.25, -0.2) is 9.97 Å². The first-order valence-electron chi connectivity index (χ1n) is 8.85. The summed E-state index contributed by atoms with van der Waals surface area (Å²) in [5, 5.41) is 3.65. The lowest BCUT2D eigenvalue weighted by Gasteiger charge is -2.32. The molecule has 0 radical (unpaired) electrons. The number of rotatable bonds is 4. The highest BCUT2D eigenvalue weighted by Gasteiger charge is 2.25. The molecule has 1 aromatic carbocycles. The first-order chi connectivity index (χ1) is 13.2. The fourth-order valence-electron chi connectivity index (χ4n) is 3.28. The lowest BCUT2D eigenvalue weighted by molar-refractivity contribution is -0.120. The third-order valence-electron chi connectivity index (χ3n) is 4.75. The predicted octanol–water partition coefficient (Wildman–Crippen LogP) is 4.25. The van der Waals surface area contributed by atoms with Crippen molar-refractivity contribution in [3.63, 3.8) is 0 Å². The van der Waals surface area contributed by atoms with Gasteiger partial charge in [-0.2, -0.15) is 0 Å². The number of nitrogens with zero attached hydrogens (tertiary/aromatic N) is 3. The summed E-state index contributed by atoms with van der Waals surface area (Å²) >= 11 is 5.89. The summed E-state index contributed by atoms with van der Waals surface area (Å²) in [7, 11) is 0. The van der Waals surface area contributed by atoms with Crippen LogP contribution in [0.4, 0.5) is 11.5 Å². The largest absolute Gasteiger partial charge is 0.444 e. The van der Waals surface area contributed by atoms with Crippen molar-refractivity contribution in [1.29, 1.82) is 0 Å². The number of anilines is 2. The maximum absolute atomic E-state index is 12.7. The van der Waals surface area contributed by atoms with Crippen LogP contribution in [0.15, 0.2) is 59.6 Å². The molecule has 0 bridgehead atoms. The third kappa shape index (κ3) is 4.11. The van der Waals surface area contributed by atoms with E-state index in [0.717, 1.165) is 43.0 Å². The molecule has 3 heterocycles. The fraction of sp³-hybridized carbons (Fsp3) is 0.250. The molecule has 7 heteroatoms. The second-order valence-electron chi connectivity index (χ2n) is 6.53. The number of aromatic nitrogens is 2. The minimum Gasteiger partial charge on any atom is -0.444 e. The van der Waals surface area contributed by atoms with E-state index in [2.05, 4.69) is 20.2 Å². The van der Waals surface area contributed by atoms with Crippen molar-refractivity contribution in [3.05, 3.63) is 60.2 Å². The number of benzene rings is 1. The monoisotopic (exact) mass is 382 g/mol. The van der Waals surface area contributed by atoms with E-state index in [4.69, 9.17) is 16.0 Å². The van der Waals surface area contributed by atoms with E-state index in [9.17, 15) is 4.79 Å². The summed E-state index contributed by atoms with van der Waals surface area (Å²) < 4.78 is 5.31. The summed E-state index contributed by atoms with van der Waals surface area (Å²) in [5.41, 5.74) is 1.64. The Kier molecular flexibility index (Phi) is 5.07. The lowest BCUT2D eigenvalue weighted by Crippen LogP contribution is -2.38. The molecular formula is C20H19ClN4O2. The van der Waals surface area contributed by atoms with E-state index in [-0.39, 0.29) is 11.8 Å². The second kappa shape index (κ2) is 7.80. The topological polar surface area (TPSA) is 71.3 Å². The van der Waals surface area contributed by atoms with E-state index in [0.29, 0.717) is 10.8 Å². The molecule has 1 aliphatic rings. The minimum absolute atomic E-state index is 0.0116. The highest BCUT2D eigenvalue weighted by molar-refractivity contribution is 6.30. The van der Waals surface area contributed by atoms with E-state index in [1.807, 2.05) is 36.4 Å². The highest BCUT2D eigenvalue weighted by atomic mass is 35.5. The number of nitrogens with one attached hydrogen (secondary N) is 1. The van der Waals surface area contributed by atoms with Crippen molar-refractivity contribution >= 4 is 29.0 Å². The number of oxazole rings is 1. The van der Waals surface area contributed by atoms with Crippen molar-refractivity contribution in [3.8, 4) is 11.3 Å². The molecular weight excluding hydrogens is 364 g/mol. The summed E-state index contributed by atoms with van der Waals surface area (Å²) in [6.07, 6.45) is 6.28. The van der Waals surface area contributed by atoms with Crippen LogP contribution in [0.2, 0.25) is 5.02 Å². The number of carbonyl (C=O) groups is 1. The van der Waals surface area contributed by atoms with Crippen LogP contribution in [0.1, 0.15) is 12.8 Å². The average Bonchev–Trinajstić information content (AvgIpc) is 3.24. The standard InChI is InChI=1S/C20H19ClN4O2/c21-16-4-5-19(23-11-16)25-8-6-14(7-9-25)20(26)24-17-3-1-2-15(10-17)18-12-22-13-27-18/h1-5,10-14H,6-9H2,(H,24,26). The molecule has 1 amide bonds. The molecule has 0 saturated carbocycles. The number of hydrogen-bond acceptors (Lipinski definition) is 5. The zero-order valence-electron chi connectivity index (χ0n) is 14.6. The molecule has 1 fully saturated rings. The van der Waals surface area contributed by atoms with Crippen LogP contribution in [-0.2, 0) is 4.79 Å². The summed E-state index contributed by atoms with van der Waals surface area (Å²) in [5.74, 6) is 1.61. The van der Waals surface area contributed by atoms with E-state index in [1.54, 1.807) is 12.4 Å². The molecule has 3 aromatic rings. The Morgan fingerprint density at radius 1 is 1.19 bits per heavy atom. The van der Waals surface area contributed by atoms with Crippen LogP contribution in [0.5, 0.6) is 0 Å². The normalized spacial score (nSPS) is 14.9. The van der Waals surface area contributed by atoms with E-state index < -0.39 is 0 Å². The van der Waals surface area contributed by atoms with Gasteiger partial charge < -0.3 is 14.6 Å². The summed E-state index contributed by atoms with van der Waals surface area (Å²) in [6.45, 7) is 1.59. The van der Waals surface area contributed by atoms with Gasteiger partial charge in [-0.3, -0.25) is 4.79 Å². The predicted molar refractivity (Wildman–Crippen MR) is 105 cm³/mol. The van der Waals surface area contributed by atoms with Crippen molar-refractivity contribution in [2.75, 3.05) is 23.3 Å². The molecule has 4 rings (SSSR count). The zero-order valence-corrected chi connectivity index (χ0v) is 15.4. The first kappa shape index (κ1) is 17.5. The quantitative estimate of drug-likeness (QED) is 0.730. The number of carbonyl (C=O) groups excluding carboxylic acids is 1. The van der Waals surface area contributed by atoms with Crippen molar-refractivity contribution in [2.45, 2.75) is 12.8 Å². The lowest BCUT2D eigenvalue weighted by atomic mass is 9.95. The van der Waals surface area contributed by atoms with Gasteiger partial charge in [0.05, 0.1) is 11.2 Å². The molecule has 1 N–H and O–H groups in total. The van der Waals surface area contributed by atoms with Crippen LogP contribution in [0, 0.1) is 5.92 Å². The highest BCUT2D eigenvalue weighted by Crippen LogP contribution is 2.26. The maximum Gasteiger partial charge on any atom is 0.227 e. The van der Waals surface area contributed by atoms with Crippen molar-refractivity contribution < 1.29 is 9.21 Å². The third-order valence-corrected chi connectivity index (χ3v) is 4.97. The molecule has 0 aliphatic carbocycles. The fourth-order valence-corrected chi connectivity index (χ4v) is 3.39. The molecule has 0 spiro atoms. The van der Waals surface area contributed by atoms with Crippen LogP contribution in [-0.4, -0.2) is 29.0 Å². The first-order valence-corrected chi connectivity index (χ1v) is 9.23. The van der Waals surface area contributed by atoms with Gasteiger partial charge >= 0.3 is 0 Å². The van der Waals surface area contributed by atoms with Crippen LogP contribution < -0.4 is 10.2 Å². The Morgan fingerprint density at radius 3 is 2.74 bits per heavy atom. The Hall–Kier alpha value is -2.86. The van der Waals surface area contributed by atoms with Crippen molar-refractivity contribution in [1.82, 2.24) is 9.97 Å². The number of hydrogen-bond donors (Lipinski definition) is 1. The smallest absolute Gasteiger partial charge is 0.227 e. The van der Waals surface area contributed by atoms with Crippen LogP contribution >= 0.6 is 11.6 Å². The Morgan fingerprint density at radius 2 is 2.04 bits per heavy atom. The van der Waals surface area contributed by atoms with E-state index in [1.165, 1.54) is 6.39 Å². The number of amides is 1. The second-order valence-corrected chi connectivity index (χ2v) is 6.97. The number of pyridine rings is 1. The van der Waals surface area contributed by atoms with Gasteiger partial charge in [0, 0.05) is 36.5 Å². The molecule has 0 atom stereocenters. The van der Waals surface area contributed by atoms with Gasteiger partial charge in [0.15, 0.2) is 12.2 Å². The van der Waals surface area contributed by atoms with Gasteiger partial charge in [0.1, 0.15) is 5.82 Å². The van der Waals surface area contributed by atoms with Gasteiger partial charge in [0.2, 0.25) is 5.91 Å². The minimum atomic E-state index is -0.0116. The molecule has 1 saturated heterocycles. The molecule has 6 nitrogen and oxygen atoms in total. The molecule has 0 unspecified atom stereocenters. The van der Waals surface area contributed by atoms with Gasteiger partial charge in [-0.05, 0) is 37.1 Å². The maximum atomic E-state index is 12.7. The number of piperidine rings is 1. The summed E-state index contributed by atoms with van der Waals surface area (Å²) in [6, 6.07) is 11.3. The van der Waals surface area contributed by atoms with Gasteiger partial charge in [-0.15, -0.1) is 0 Å². The van der Waals surface area contributed by atoms with Gasteiger partial charge in [0.25, 0.3) is 0 Å². The van der Waals surface area contributed by atoms with E-state index >= 15 is 0 Å². The number of halogens is 1. The van der Waals surface area contributed by atoms with Gasteiger partial charge in [-0.1, -0.05) is 23.7 Å². The Bertz CT molecular complexity index is 904. The van der Waals surface area contributed by atoms with Crippen molar-refractivity contribution in [2.24, 2.45) is 5.92 Å². The Labute approximate surface area is 162 Å². The molecule has 27 heavy (non-hydrogen) atoms. The Balaban J connectivity index is 1.36.